The lowest BCUT2D eigenvalue weighted by atomic mass is 9.92. The van der Waals surface area contributed by atoms with Gasteiger partial charge in [0, 0.05) is 11.6 Å². The lowest BCUT2D eigenvalue weighted by molar-refractivity contribution is -0.137. The normalized spacial score (nSPS) is 14.2. The molecule has 55 heavy (non-hydrogen) atoms. The zero-order chi connectivity index (χ0) is 41.6. The first-order chi connectivity index (χ1) is 25.7. The van der Waals surface area contributed by atoms with Gasteiger partial charge in [0.15, 0.2) is 23.1 Å². The molecule has 1 fully saturated rings. The summed E-state index contributed by atoms with van der Waals surface area (Å²) in [5.74, 6) is -5.03. The standard InChI is InChI=1S/C28H27ClO9.C11H14O3.C3H6/c1-11-8-17(31)10-19(36-7)21(11)27(34)38-26-14(4)13(3)22(25(33)23(26)29)28(35)37-18-9-12(2)20(16(6)30)24(32)15(18)5;1-6-5-9(14-4)10(11(12)13)8(3)7(6)2;1-2-3-1/h8-10,21,32-33H,1-7H3;5H,1-4H3,(H,12,13);1-3H2. The summed E-state index contributed by atoms with van der Waals surface area (Å²) in [6.07, 6.45) is 6.97. The highest BCUT2D eigenvalue weighted by Crippen LogP contribution is 2.44. The number of phenols is 2. The zero-order valence-electron chi connectivity index (χ0n) is 32.9. The van der Waals surface area contributed by atoms with Crippen molar-refractivity contribution in [3.8, 4) is 28.7 Å². The molecule has 0 heterocycles. The average molecular weight is 779 g/mol. The van der Waals surface area contributed by atoms with Crippen LogP contribution in [0.25, 0.3) is 0 Å². The number of rotatable bonds is 8. The Hall–Kier alpha value is -5.62. The van der Waals surface area contributed by atoms with Gasteiger partial charge in [-0.3, -0.25) is 14.4 Å². The molecular formula is C42H47ClO12. The number of carboxylic acids is 1. The van der Waals surface area contributed by atoms with E-state index in [0.717, 1.165) is 16.7 Å². The minimum Gasteiger partial charge on any atom is -0.507 e. The van der Waals surface area contributed by atoms with Gasteiger partial charge in [0.25, 0.3) is 0 Å². The van der Waals surface area contributed by atoms with Gasteiger partial charge in [-0.2, -0.15) is 0 Å². The number of aromatic hydroxyl groups is 2. The van der Waals surface area contributed by atoms with Crippen molar-refractivity contribution >= 4 is 41.1 Å². The van der Waals surface area contributed by atoms with Crippen LogP contribution in [0.5, 0.6) is 28.7 Å². The predicted molar refractivity (Wildman–Crippen MR) is 206 cm³/mol. The van der Waals surface area contributed by atoms with Crippen LogP contribution in [0.15, 0.2) is 35.6 Å². The van der Waals surface area contributed by atoms with Gasteiger partial charge in [0.05, 0.1) is 19.8 Å². The van der Waals surface area contributed by atoms with Crippen molar-refractivity contribution in [2.75, 3.05) is 14.2 Å². The number of ketones is 2. The predicted octanol–water partition coefficient (Wildman–Crippen LogP) is 8.48. The Morgan fingerprint density at radius 1 is 0.691 bits per heavy atom. The summed E-state index contributed by atoms with van der Waals surface area (Å²) >= 11 is 6.35. The van der Waals surface area contributed by atoms with Gasteiger partial charge >= 0.3 is 17.9 Å². The number of phenolic OH excluding ortho intramolecular Hbond substituents is 2. The number of Topliss-reactive ketones (excluding diaryl/α,β-unsaturated/α-hetero) is 1. The third kappa shape index (κ3) is 9.74. The molecular weight excluding hydrogens is 732 g/mol. The number of carbonyl (C=O) groups is 5. The first-order valence-corrected chi connectivity index (χ1v) is 17.7. The number of ether oxygens (including phenoxy) is 4. The fourth-order valence-electron chi connectivity index (χ4n) is 5.77. The molecule has 12 nitrogen and oxygen atoms in total. The Balaban J connectivity index is 0.000000392. The monoisotopic (exact) mass is 778 g/mol. The van der Waals surface area contributed by atoms with E-state index in [4.69, 9.17) is 35.7 Å². The van der Waals surface area contributed by atoms with Crippen LogP contribution in [0, 0.1) is 54.4 Å². The van der Waals surface area contributed by atoms with Gasteiger partial charge in [-0.05, 0) is 119 Å². The van der Waals surface area contributed by atoms with Gasteiger partial charge in [0.1, 0.15) is 45.1 Å². The molecule has 0 radical (unpaired) electrons. The van der Waals surface area contributed by atoms with Crippen molar-refractivity contribution in [2.24, 2.45) is 5.92 Å². The molecule has 2 aliphatic rings. The van der Waals surface area contributed by atoms with Gasteiger partial charge in [-0.15, -0.1) is 0 Å². The second-order valence-electron chi connectivity index (χ2n) is 13.4. The van der Waals surface area contributed by atoms with Gasteiger partial charge in [-0.25, -0.2) is 9.59 Å². The summed E-state index contributed by atoms with van der Waals surface area (Å²) in [7, 11) is 2.80. The minimum absolute atomic E-state index is 0.00827. The molecule has 3 aromatic carbocycles. The second kappa shape index (κ2) is 18.1. The molecule has 0 aliphatic heterocycles. The highest BCUT2D eigenvalue weighted by atomic mass is 35.5. The van der Waals surface area contributed by atoms with E-state index in [1.165, 1.54) is 72.5 Å². The maximum Gasteiger partial charge on any atom is 0.347 e. The third-order valence-electron chi connectivity index (χ3n) is 9.36. The van der Waals surface area contributed by atoms with Gasteiger partial charge in [-0.1, -0.05) is 30.9 Å². The summed E-state index contributed by atoms with van der Waals surface area (Å²) in [4.78, 5) is 60.8. The van der Waals surface area contributed by atoms with Crippen LogP contribution < -0.4 is 14.2 Å². The fraction of sp³-hybridized carbons (Fsp3) is 0.357. The van der Waals surface area contributed by atoms with Crippen LogP contribution in [0.2, 0.25) is 5.02 Å². The molecule has 3 N–H and O–H groups in total. The highest BCUT2D eigenvalue weighted by molar-refractivity contribution is 6.34. The van der Waals surface area contributed by atoms with Crippen molar-refractivity contribution in [2.45, 2.75) is 81.6 Å². The third-order valence-corrected chi connectivity index (χ3v) is 9.71. The number of hydrogen-bond acceptors (Lipinski definition) is 11. The van der Waals surface area contributed by atoms with Crippen LogP contribution in [0.1, 0.15) is 103 Å². The van der Waals surface area contributed by atoms with Gasteiger partial charge < -0.3 is 34.3 Å². The summed E-state index contributed by atoms with van der Waals surface area (Å²) in [5, 5.41) is 29.9. The summed E-state index contributed by atoms with van der Waals surface area (Å²) in [6.45, 7) is 14.7. The summed E-state index contributed by atoms with van der Waals surface area (Å²) < 4.78 is 21.2. The van der Waals surface area contributed by atoms with E-state index < -0.39 is 34.6 Å². The van der Waals surface area contributed by atoms with E-state index in [-0.39, 0.29) is 68.0 Å². The number of hydrogen-bond donors (Lipinski definition) is 3. The van der Waals surface area contributed by atoms with Crippen LogP contribution in [-0.4, -0.2) is 59.0 Å². The molecule has 294 valence electrons. The van der Waals surface area contributed by atoms with E-state index in [9.17, 15) is 34.2 Å². The maximum atomic E-state index is 13.1. The number of halogens is 1. The molecule has 13 heteroatoms. The molecule has 0 aromatic heterocycles. The van der Waals surface area contributed by atoms with E-state index in [1.807, 2.05) is 13.8 Å². The van der Waals surface area contributed by atoms with E-state index in [1.54, 1.807) is 33.8 Å². The van der Waals surface area contributed by atoms with Crippen molar-refractivity contribution in [1.29, 1.82) is 0 Å². The number of carbonyl (C=O) groups excluding carboxylic acids is 4. The number of aryl methyl sites for hydroxylation is 2. The van der Waals surface area contributed by atoms with E-state index in [0.29, 0.717) is 16.9 Å². The molecule has 2 aliphatic carbocycles. The lowest BCUT2D eigenvalue weighted by Gasteiger charge is -2.23. The van der Waals surface area contributed by atoms with Crippen molar-refractivity contribution < 1.29 is 58.2 Å². The van der Waals surface area contributed by atoms with Crippen LogP contribution >= 0.6 is 11.6 Å². The molecule has 0 amide bonds. The molecule has 0 bridgehead atoms. The van der Waals surface area contributed by atoms with Crippen molar-refractivity contribution in [3.05, 3.63) is 96.3 Å². The first-order valence-electron chi connectivity index (χ1n) is 17.3. The Morgan fingerprint density at radius 2 is 1.25 bits per heavy atom. The SMILES string of the molecule is C1CC1.COC1=CC(=O)C=C(C)C1C(=O)Oc1c(C)c(C)c(C(=O)Oc2cc(C)c(C(C)=O)c(O)c2C)c(O)c1Cl.COc1cc(C)c(C)c(C)c1C(=O)O. The summed E-state index contributed by atoms with van der Waals surface area (Å²) in [5.41, 5.74) is 4.41. The van der Waals surface area contributed by atoms with E-state index in [2.05, 4.69) is 0 Å². The molecule has 1 saturated carbocycles. The Bertz CT molecular complexity index is 2110. The number of carboxylic acid groups (broad SMARTS) is 1. The number of allylic oxidation sites excluding steroid dienone is 2. The molecule has 1 unspecified atom stereocenters. The molecule has 5 rings (SSSR count). The summed E-state index contributed by atoms with van der Waals surface area (Å²) in [6, 6.07) is 3.19. The van der Waals surface area contributed by atoms with Crippen LogP contribution in [0.3, 0.4) is 0 Å². The number of methoxy groups -OCH3 is 2. The van der Waals surface area contributed by atoms with E-state index >= 15 is 0 Å². The van der Waals surface area contributed by atoms with Crippen LogP contribution in [0.4, 0.5) is 0 Å². The number of aromatic carboxylic acids is 1. The average Bonchev–Trinajstić information content (AvgIpc) is 4.00. The smallest absolute Gasteiger partial charge is 0.347 e. The Kier molecular flexibility index (Phi) is 14.4. The quantitative estimate of drug-likeness (QED) is 0.113. The van der Waals surface area contributed by atoms with Crippen molar-refractivity contribution in [1.82, 2.24) is 0 Å². The molecule has 0 spiro atoms. The highest BCUT2D eigenvalue weighted by Gasteiger charge is 2.34. The first kappa shape index (κ1) is 43.8. The van der Waals surface area contributed by atoms with Crippen LogP contribution in [-0.2, 0) is 14.3 Å². The second-order valence-corrected chi connectivity index (χ2v) is 13.8. The molecule has 1 atom stereocenters. The minimum atomic E-state index is -1.00. The Labute approximate surface area is 325 Å². The molecule has 0 saturated heterocycles. The molecule has 3 aromatic rings. The largest absolute Gasteiger partial charge is 0.507 e. The maximum absolute atomic E-state index is 13.1. The van der Waals surface area contributed by atoms with Crippen molar-refractivity contribution in [3.63, 3.8) is 0 Å². The number of benzene rings is 3. The zero-order valence-corrected chi connectivity index (χ0v) is 33.7. The topological polar surface area (TPSA) is 183 Å². The fourth-order valence-corrected chi connectivity index (χ4v) is 6.04. The Morgan fingerprint density at radius 3 is 1.76 bits per heavy atom. The lowest BCUT2D eigenvalue weighted by Crippen LogP contribution is -2.27. The van der Waals surface area contributed by atoms with Gasteiger partial charge in [0.2, 0.25) is 0 Å². The number of esters is 2.